The van der Waals surface area contributed by atoms with Crippen molar-refractivity contribution in [3.8, 4) is 0 Å². The van der Waals surface area contributed by atoms with Gasteiger partial charge in [0, 0.05) is 7.26 Å². The Hall–Kier alpha value is 0.130. The molecule has 0 aromatic heterocycles. The molecule has 1 heterocycles. The summed E-state index contributed by atoms with van der Waals surface area (Å²) in [6, 6.07) is 0. The minimum absolute atomic E-state index is 0.00530. The molecule has 0 aliphatic carbocycles. The van der Waals surface area contributed by atoms with E-state index in [1.165, 1.54) is 0 Å². The van der Waals surface area contributed by atoms with Gasteiger partial charge in [0.25, 0.3) is 0 Å². The van der Waals surface area contributed by atoms with Crippen LogP contribution in [0.5, 0.6) is 0 Å². The Balaban J connectivity index is 2.64. The van der Waals surface area contributed by atoms with Gasteiger partial charge in [-0.2, -0.15) is 17.9 Å². The van der Waals surface area contributed by atoms with Gasteiger partial charge >= 0.3 is 15.5 Å². The number of alkyl halides is 3. The molecule has 0 bridgehead atoms. The topological polar surface area (TPSA) is 46.2 Å². The number of rotatable bonds is 4. The van der Waals surface area contributed by atoms with Crippen molar-refractivity contribution in [1.29, 1.82) is 0 Å². The maximum absolute atomic E-state index is 12.1. The second-order valence-electron chi connectivity index (χ2n) is 4.06. The Morgan fingerprint density at radius 2 is 1.75 bits per heavy atom. The van der Waals surface area contributed by atoms with Crippen LogP contribution in [0.15, 0.2) is 0 Å². The minimum atomic E-state index is -5.19. The second-order valence-corrected chi connectivity index (χ2v) is 10.3. The Kier molecular flexibility index (Phi) is 4.24. The second kappa shape index (κ2) is 4.78. The molecule has 1 fully saturated rings. The van der Waals surface area contributed by atoms with Gasteiger partial charge in [-0.05, 0) is 19.8 Å². The Bertz CT molecular complexity index is 336. The standard InChI is InChI=1S/C8H16F3NO2PS/c1-2-15(5-3-4-6-15)7-12-16(13,14)8(9,10)11/h12H,2-7H2,1H3/q+1. The maximum atomic E-state index is 12.1. The Labute approximate surface area is 94.2 Å². The van der Waals surface area contributed by atoms with Crippen molar-refractivity contribution >= 4 is 17.3 Å². The average Bonchev–Trinajstić information content (AvgIpc) is 2.62. The zero-order chi connectivity index (χ0) is 12.4. The monoisotopic (exact) mass is 278 g/mol. The fourth-order valence-corrected chi connectivity index (χ4v) is 7.02. The fourth-order valence-electron chi connectivity index (χ4n) is 1.90. The summed E-state index contributed by atoms with van der Waals surface area (Å²) in [5.74, 6) is 0. The molecule has 1 rings (SSSR count). The van der Waals surface area contributed by atoms with Gasteiger partial charge in [0.2, 0.25) is 0 Å². The predicted molar refractivity (Wildman–Crippen MR) is 59.4 cm³/mol. The van der Waals surface area contributed by atoms with Crippen LogP contribution in [0.25, 0.3) is 0 Å². The third kappa shape index (κ3) is 3.08. The van der Waals surface area contributed by atoms with Crippen LogP contribution in [0.3, 0.4) is 0 Å². The van der Waals surface area contributed by atoms with E-state index in [0.717, 1.165) is 31.3 Å². The highest BCUT2D eigenvalue weighted by Gasteiger charge is 2.48. The molecule has 96 valence electrons. The van der Waals surface area contributed by atoms with Crippen LogP contribution in [-0.4, -0.2) is 38.7 Å². The molecule has 0 saturated carbocycles. The van der Waals surface area contributed by atoms with Crippen LogP contribution < -0.4 is 4.72 Å². The molecule has 0 aromatic rings. The first kappa shape index (κ1) is 14.2. The molecule has 1 saturated heterocycles. The molecule has 8 heteroatoms. The highest BCUT2D eigenvalue weighted by atomic mass is 32.2. The zero-order valence-corrected chi connectivity index (χ0v) is 10.8. The van der Waals surface area contributed by atoms with Gasteiger partial charge in [-0.3, -0.25) is 0 Å². The first-order valence-electron chi connectivity index (χ1n) is 5.13. The molecule has 0 radical (unpaired) electrons. The van der Waals surface area contributed by atoms with E-state index in [0.29, 0.717) is 0 Å². The van der Waals surface area contributed by atoms with E-state index in [1.54, 1.807) is 4.72 Å². The summed E-state index contributed by atoms with van der Waals surface area (Å²) in [4.78, 5) is 0. The van der Waals surface area contributed by atoms with Gasteiger partial charge in [-0.25, -0.2) is 8.42 Å². The summed E-state index contributed by atoms with van der Waals surface area (Å²) in [6.45, 7) is 1.93. The lowest BCUT2D eigenvalue weighted by Crippen LogP contribution is -2.38. The third-order valence-corrected chi connectivity index (χ3v) is 9.13. The summed E-state index contributed by atoms with van der Waals surface area (Å²) >= 11 is 0. The van der Waals surface area contributed by atoms with E-state index in [1.807, 2.05) is 6.92 Å². The van der Waals surface area contributed by atoms with E-state index in [9.17, 15) is 21.6 Å². The Morgan fingerprint density at radius 1 is 1.25 bits per heavy atom. The lowest BCUT2D eigenvalue weighted by atomic mass is 10.4. The summed E-state index contributed by atoms with van der Waals surface area (Å²) in [5.41, 5.74) is -5.19. The van der Waals surface area contributed by atoms with Crippen LogP contribution in [0, 0.1) is 0 Å². The van der Waals surface area contributed by atoms with Crippen molar-refractivity contribution in [2.75, 3.05) is 24.8 Å². The van der Waals surface area contributed by atoms with Crippen LogP contribution in [-0.2, 0) is 10.0 Å². The summed E-state index contributed by atoms with van der Waals surface area (Å²) in [6.07, 6.45) is 4.65. The molecule has 3 nitrogen and oxygen atoms in total. The molecule has 0 atom stereocenters. The van der Waals surface area contributed by atoms with E-state index in [4.69, 9.17) is 0 Å². The zero-order valence-electron chi connectivity index (χ0n) is 9.05. The van der Waals surface area contributed by atoms with Crippen molar-refractivity contribution in [2.45, 2.75) is 25.3 Å². The SMILES string of the molecule is CC[P+]1(CNS(=O)(=O)C(F)(F)F)CCCC1. The summed E-state index contributed by atoms with van der Waals surface area (Å²) in [5, 5.41) is 0. The Morgan fingerprint density at radius 3 is 2.12 bits per heavy atom. The van der Waals surface area contributed by atoms with Crippen LogP contribution in [0.4, 0.5) is 13.2 Å². The van der Waals surface area contributed by atoms with Gasteiger partial charge in [0.15, 0.2) is 0 Å². The maximum Gasteiger partial charge on any atom is 0.511 e. The predicted octanol–water partition coefficient (Wildman–Crippen LogP) is 2.21. The van der Waals surface area contributed by atoms with E-state index in [-0.39, 0.29) is 6.29 Å². The van der Waals surface area contributed by atoms with E-state index >= 15 is 0 Å². The number of hydrogen-bond donors (Lipinski definition) is 1. The molecule has 0 unspecified atom stereocenters. The van der Waals surface area contributed by atoms with Crippen LogP contribution >= 0.6 is 7.26 Å². The largest absolute Gasteiger partial charge is 0.511 e. The van der Waals surface area contributed by atoms with E-state index in [2.05, 4.69) is 0 Å². The van der Waals surface area contributed by atoms with Crippen molar-refractivity contribution in [3.05, 3.63) is 0 Å². The summed E-state index contributed by atoms with van der Waals surface area (Å²) < 4.78 is 59.7. The smallest absolute Gasteiger partial charge is 0.203 e. The molecule has 16 heavy (non-hydrogen) atoms. The van der Waals surface area contributed by atoms with Crippen LogP contribution in [0.1, 0.15) is 19.8 Å². The number of nitrogens with one attached hydrogen (secondary N) is 1. The number of halogens is 3. The first-order valence-corrected chi connectivity index (χ1v) is 9.15. The highest BCUT2D eigenvalue weighted by Crippen LogP contribution is 2.62. The van der Waals surface area contributed by atoms with Crippen LogP contribution in [0.2, 0.25) is 0 Å². The summed E-state index contributed by atoms with van der Waals surface area (Å²) in [7, 11) is -6.64. The highest BCUT2D eigenvalue weighted by molar-refractivity contribution is 7.91. The molecule has 1 aliphatic heterocycles. The van der Waals surface area contributed by atoms with Gasteiger partial charge < -0.3 is 0 Å². The molecule has 1 N–H and O–H groups in total. The van der Waals surface area contributed by atoms with Gasteiger partial charge in [0.1, 0.15) is 6.29 Å². The van der Waals surface area contributed by atoms with Crippen molar-refractivity contribution in [1.82, 2.24) is 4.72 Å². The van der Waals surface area contributed by atoms with Crippen molar-refractivity contribution in [3.63, 3.8) is 0 Å². The van der Waals surface area contributed by atoms with Crippen molar-refractivity contribution in [2.24, 2.45) is 0 Å². The molecule has 1 aliphatic rings. The van der Waals surface area contributed by atoms with Crippen molar-refractivity contribution < 1.29 is 21.6 Å². The van der Waals surface area contributed by atoms with E-state index < -0.39 is 22.8 Å². The van der Waals surface area contributed by atoms with Gasteiger partial charge in [-0.1, -0.05) is 0 Å². The fraction of sp³-hybridized carbons (Fsp3) is 1.00. The lowest BCUT2D eigenvalue weighted by molar-refractivity contribution is -0.0446. The molecule has 0 amide bonds. The number of hydrogen-bond acceptors (Lipinski definition) is 2. The quantitative estimate of drug-likeness (QED) is 0.801. The van der Waals surface area contributed by atoms with Gasteiger partial charge in [0.05, 0.1) is 18.5 Å². The minimum Gasteiger partial charge on any atom is -0.203 e. The number of sulfonamides is 1. The molecular formula is C8H16F3NO2PS+. The molecule has 0 spiro atoms. The van der Waals surface area contributed by atoms with Gasteiger partial charge in [-0.15, -0.1) is 0 Å². The third-order valence-electron chi connectivity index (χ3n) is 3.08. The molecular weight excluding hydrogens is 262 g/mol. The normalized spacial score (nSPS) is 21.2. The first-order chi connectivity index (χ1) is 7.22. The average molecular weight is 278 g/mol. The lowest BCUT2D eigenvalue weighted by Gasteiger charge is -2.21. The molecule has 0 aromatic carbocycles.